The summed E-state index contributed by atoms with van der Waals surface area (Å²) in [5, 5.41) is 0. The van der Waals surface area contributed by atoms with Gasteiger partial charge in [0.15, 0.2) is 0 Å². The van der Waals surface area contributed by atoms with Crippen LogP contribution in [0.2, 0.25) is 0 Å². The van der Waals surface area contributed by atoms with Crippen LogP contribution in [0.5, 0.6) is 5.75 Å². The third-order valence-corrected chi connectivity index (χ3v) is 2.02. The van der Waals surface area contributed by atoms with Gasteiger partial charge in [0.2, 0.25) is 0 Å². The number of halogens is 3. The molecular weight excluding hydrogens is 219 g/mol. The average Bonchev–Trinajstić information content (AvgIpc) is 2.17. The number of hydrogen-bond acceptors (Lipinski definition) is 2. The number of benzene rings is 1. The molecule has 0 aromatic heterocycles. The van der Waals surface area contributed by atoms with Crippen molar-refractivity contribution in [2.75, 3.05) is 0 Å². The maximum atomic E-state index is 12.4. The molecule has 1 rings (SSSR count). The summed E-state index contributed by atoms with van der Waals surface area (Å²) in [6, 6.07) is 4.72. The lowest BCUT2D eigenvalue weighted by Gasteiger charge is -2.15. The molecule has 1 aromatic rings. The van der Waals surface area contributed by atoms with Crippen molar-refractivity contribution in [1.29, 1.82) is 0 Å². The summed E-state index contributed by atoms with van der Waals surface area (Å²) in [6.45, 7) is 1.93. The van der Waals surface area contributed by atoms with Gasteiger partial charge in [-0.1, -0.05) is 19.4 Å². The first-order chi connectivity index (χ1) is 7.43. The van der Waals surface area contributed by atoms with Crippen molar-refractivity contribution < 1.29 is 17.9 Å². The summed E-state index contributed by atoms with van der Waals surface area (Å²) in [5.41, 5.74) is 4.84. The highest BCUT2D eigenvalue weighted by atomic mass is 19.4. The van der Waals surface area contributed by atoms with Crippen LogP contribution in [0.4, 0.5) is 13.2 Å². The second-order valence-electron chi connectivity index (χ2n) is 3.47. The van der Waals surface area contributed by atoms with Crippen LogP contribution in [0.1, 0.15) is 25.3 Å². The Labute approximate surface area is 92.2 Å². The smallest absolute Gasteiger partial charge is 0.416 e. The van der Waals surface area contributed by atoms with E-state index in [1.54, 1.807) is 0 Å². The van der Waals surface area contributed by atoms with E-state index in [1.165, 1.54) is 12.1 Å². The van der Waals surface area contributed by atoms with Crippen molar-refractivity contribution in [3.05, 3.63) is 29.8 Å². The maximum Gasteiger partial charge on any atom is 0.416 e. The van der Waals surface area contributed by atoms with Gasteiger partial charge in [0.05, 0.1) is 5.56 Å². The van der Waals surface area contributed by atoms with Crippen LogP contribution in [-0.2, 0) is 6.18 Å². The van der Waals surface area contributed by atoms with Crippen LogP contribution < -0.4 is 10.5 Å². The summed E-state index contributed by atoms with van der Waals surface area (Å²) in [7, 11) is 0. The zero-order chi connectivity index (χ0) is 12.2. The van der Waals surface area contributed by atoms with Crippen molar-refractivity contribution in [1.82, 2.24) is 0 Å². The molecule has 0 aliphatic heterocycles. The second-order valence-corrected chi connectivity index (χ2v) is 3.47. The third-order valence-electron chi connectivity index (χ3n) is 2.02. The molecule has 90 valence electrons. The monoisotopic (exact) mass is 233 g/mol. The lowest BCUT2D eigenvalue weighted by Crippen LogP contribution is -2.26. The van der Waals surface area contributed by atoms with E-state index < -0.39 is 18.0 Å². The Hall–Kier alpha value is -1.23. The first-order valence-electron chi connectivity index (χ1n) is 5.03. The third kappa shape index (κ3) is 3.73. The highest BCUT2D eigenvalue weighted by Crippen LogP contribution is 2.31. The van der Waals surface area contributed by atoms with Crippen LogP contribution in [0.3, 0.4) is 0 Å². The Bertz CT molecular complexity index is 338. The van der Waals surface area contributed by atoms with Crippen LogP contribution in [0.25, 0.3) is 0 Å². The normalized spacial score (nSPS) is 13.6. The first-order valence-corrected chi connectivity index (χ1v) is 5.03. The Kier molecular flexibility index (Phi) is 4.18. The summed E-state index contributed by atoms with van der Waals surface area (Å²) >= 11 is 0. The van der Waals surface area contributed by atoms with Gasteiger partial charge in [-0.25, -0.2) is 0 Å². The van der Waals surface area contributed by atoms with Gasteiger partial charge in [-0.15, -0.1) is 0 Å². The molecule has 0 bridgehead atoms. The van der Waals surface area contributed by atoms with Crippen LogP contribution >= 0.6 is 0 Å². The van der Waals surface area contributed by atoms with Gasteiger partial charge >= 0.3 is 6.18 Å². The summed E-state index contributed by atoms with van der Waals surface area (Å²) in [4.78, 5) is 0. The fourth-order valence-electron chi connectivity index (χ4n) is 1.26. The van der Waals surface area contributed by atoms with Gasteiger partial charge in [-0.2, -0.15) is 13.2 Å². The van der Waals surface area contributed by atoms with E-state index in [1.807, 2.05) is 6.92 Å². The predicted molar refractivity (Wildman–Crippen MR) is 55.0 cm³/mol. The molecule has 2 N–H and O–H groups in total. The molecule has 0 fully saturated rings. The van der Waals surface area contributed by atoms with Crippen LogP contribution in [-0.4, -0.2) is 6.23 Å². The van der Waals surface area contributed by atoms with Gasteiger partial charge < -0.3 is 4.74 Å². The quantitative estimate of drug-likeness (QED) is 0.811. The number of nitrogens with two attached hydrogens (primary N) is 1. The van der Waals surface area contributed by atoms with Crippen LogP contribution in [0, 0.1) is 0 Å². The summed E-state index contributed by atoms with van der Waals surface area (Å²) < 4.78 is 42.3. The predicted octanol–water partition coefficient (Wildman–Crippen LogP) is 3.17. The molecule has 0 radical (unpaired) electrons. The highest BCUT2D eigenvalue weighted by molar-refractivity contribution is 5.30. The number of rotatable bonds is 4. The SMILES string of the molecule is CCCC(N)Oc1cccc(C(F)(F)F)c1. The van der Waals surface area contributed by atoms with Crippen molar-refractivity contribution >= 4 is 0 Å². The number of hydrogen-bond donors (Lipinski definition) is 1. The molecule has 1 atom stereocenters. The first kappa shape index (κ1) is 12.8. The molecule has 16 heavy (non-hydrogen) atoms. The van der Waals surface area contributed by atoms with E-state index in [2.05, 4.69) is 0 Å². The number of alkyl halides is 3. The van der Waals surface area contributed by atoms with E-state index in [-0.39, 0.29) is 5.75 Å². The largest absolute Gasteiger partial charge is 0.476 e. The molecule has 0 amide bonds. The second kappa shape index (κ2) is 5.21. The molecule has 2 nitrogen and oxygen atoms in total. The van der Waals surface area contributed by atoms with Gasteiger partial charge in [0, 0.05) is 0 Å². The van der Waals surface area contributed by atoms with Crippen molar-refractivity contribution in [2.45, 2.75) is 32.2 Å². The minimum atomic E-state index is -4.35. The number of ether oxygens (including phenoxy) is 1. The summed E-state index contributed by atoms with van der Waals surface area (Å²) in [6.07, 6.45) is -3.49. The molecule has 1 unspecified atom stereocenters. The Balaban J connectivity index is 2.75. The average molecular weight is 233 g/mol. The molecule has 0 aliphatic rings. The van der Waals surface area contributed by atoms with Crippen molar-refractivity contribution in [3.63, 3.8) is 0 Å². The summed E-state index contributed by atoms with van der Waals surface area (Å²) in [5.74, 6) is 0.149. The van der Waals surface area contributed by atoms with Crippen molar-refractivity contribution in [3.8, 4) is 5.75 Å². The fourth-order valence-corrected chi connectivity index (χ4v) is 1.26. The molecule has 5 heteroatoms. The molecule has 0 saturated carbocycles. The fraction of sp³-hybridized carbons (Fsp3) is 0.455. The Morgan fingerprint density at radius 1 is 1.38 bits per heavy atom. The molecule has 0 heterocycles. The topological polar surface area (TPSA) is 35.2 Å². The van der Waals surface area contributed by atoms with Crippen LogP contribution in [0.15, 0.2) is 24.3 Å². The Morgan fingerprint density at radius 3 is 2.62 bits per heavy atom. The van der Waals surface area contributed by atoms with E-state index in [9.17, 15) is 13.2 Å². The maximum absolute atomic E-state index is 12.4. The molecule has 0 aliphatic carbocycles. The van der Waals surface area contributed by atoms with Crippen molar-refractivity contribution in [2.24, 2.45) is 5.73 Å². The minimum Gasteiger partial charge on any atom is -0.476 e. The van der Waals surface area contributed by atoms with E-state index in [0.717, 1.165) is 18.6 Å². The van der Waals surface area contributed by atoms with E-state index in [4.69, 9.17) is 10.5 Å². The standard InChI is InChI=1S/C11H14F3NO/c1-2-4-10(15)16-9-6-3-5-8(7-9)11(12,13)14/h3,5-7,10H,2,4,15H2,1H3. The van der Waals surface area contributed by atoms with Gasteiger partial charge in [-0.3, -0.25) is 5.73 Å². The molecule has 1 aromatic carbocycles. The van der Waals surface area contributed by atoms with Gasteiger partial charge in [0.1, 0.15) is 12.0 Å². The lowest BCUT2D eigenvalue weighted by molar-refractivity contribution is -0.137. The van der Waals surface area contributed by atoms with Gasteiger partial charge in [-0.05, 0) is 24.6 Å². The minimum absolute atomic E-state index is 0.149. The van der Waals surface area contributed by atoms with E-state index >= 15 is 0 Å². The lowest BCUT2D eigenvalue weighted by atomic mass is 10.2. The molecule has 0 spiro atoms. The zero-order valence-corrected chi connectivity index (χ0v) is 8.92. The zero-order valence-electron chi connectivity index (χ0n) is 8.92. The van der Waals surface area contributed by atoms with Gasteiger partial charge in [0.25, 0.3) is 0 Å². The highest BCUT2D eigenvalue weighted by Gasteiger charge is 2.30. The molecule has 0 saturated heterocycles. The van der Waals surface area contributed by atoms with E-state index in [0.29, 0.717) is 6.42 Å². The molecular formula is C11H14F3NO. The Morgan fingerprint density at radius 2 is 2.06 bits per heavy atom.